The van der Waals surface area contributed by atoms with Crippen molar-refractivity contribution in [2.45, 2.75) is 26.8 Å². The molecule has 0 fully saturated rings. The molecule has 3 amide bonds. The monoisotopic (exact) mass is 375 g/mol. The second-order valence-corrected chi connectivity index (χ2v) is 6.53. The quantitative estimate of drug-likeness (QED) is 0.710. The lowest BCUT2D eigenvalue weighted by Gasteiger charge is -2.14. The average molecular weight is 376 g/mol. The van der Waals surface area contributed by atoms with Gasteiger partial charge in [-0.15, -0.1) is 0 Å². The summed E-state index contributed by atoms with van der Waals surface area (Å²) >= 11 is 6.04. The van der Waals surface area contributed by atoms with Crippen molar-refractivity contribution in [3.05, 3.63) is 53.1 Å². The fourth-order valence-electron chi connectivity index (χ4n) is 2.18. The Kier molecular flexibility index (Phi) is 6.86. The molecule has 6 nitrogen and oxygen atoms in total. The van der Waals surface area contributed by atoms with Crippen molar-refractivity contribution < 1.29 is 14.3 Å². The van der Waals surface area contributed by atoms with Gasteiger partial charge in [0.25, 0.3) is 0 Å². The summed E-state index contributed by atoms with van der Waals surface area (Å²) in [6.45, 7) is 5.49. The maximum atomic E-state index is 11.9. The minimum absolute atomic E-state index is 0.0574. The number of carbonyl (C=O) groups excluding carboxylic acids is 2. The zero-order valence-electron chi connectivity index (χ0n) is 14.9. The second-order valence-electron chi connectivity index (χ2n) is 6.09. The van der Waals surface area contributed by atoms with E-state index in [0.29, 0.717) is 22.2 Å². The largest absolute Gasteiger partial charge is 0.455 e. The van der Waals surface area contributed by atoms with Crippen LogP contribution in [0.15, 0.2) is 42.5 Å². The molecule has 0 saturated carbocycles. The summed E-state index contributed by atoms with van der Waals surface area (Å²) < 4.78 is 5.88. The summed E-state index contributed by atoms with van der Waals surface area (Å²) in [7, 11) is 0. The third-order valence-corrected chi connectivity index (χ3v) is 3.51. The number of hydrogen-bond acceptors (Lipinski definition) is 4. The lowest BCUT2D eigenvalue weighted by atomic mass is 10.2. The van der Waals surface area contributed by atoms with Crippen molar-refractivity contribution in [2.75, 3.05) is 11.9 Å². The predicted molar refractivity (Wildman–Crippen MR) is 103 cm³/mol. The van der Waals surface area contributed by atoms with Crippen molar-refractivity contribution in [1.29, 1.82) is 0 Å². The average Bonchev–Trinajstić information content (AvgIpc) is 2.54. The van der Waals surface area contributed by atoms with E-state index >= 15 is 0 Å². The number of halogens is 1. The first-order valence-electron chi connectivity index (χ1n) is 8.22. The molecule has 0 aliphatic carbocycles. The maximum Gasteiger partial charge on any atom is 0.321 e. The first-order valence-corrected chi connectivity index (χ1v) is 8.59. The first kappa shape index (κ1) is 19.6. The summed E-state index contributed by atoms with van der Waals surface area (Å²) in [6.07, 6.45) is 0. The Hall–Kier alpha value is -2.73. The van der Waals surface area contributed by atoms with E-state index in [1.165, 1.54) is 0 Å². The molecule has 0 aliphatic rings. The van der Waals surface area contributed by atoms with Crippen molar-refractivity contribution in [1.82, 2.24) is 10.6 Å². The van der Waals surface area contributed by atoms with Crippen LogP contribution in [0.5, 0.6) is 11.5 Å². The van der Waals surface area contributed by atoms with Crippen molar-refractivity contribution in [3.63, 3.8) is 0 Å². The highest BCUT2D eigenvalue weighted by molar-refractivity contribution is 6.31. The second kappa shape index (κ2) is 9.10. The van der Waals surface area contributed by atoms with Gasteiger partial charge in [-0.05, 0) is 56.7 Å². The molecule has 0 bridgehead atoms. The predicted octanol–water partition coefficient (Wildman–Crippen LogP) is 4.09. The summed E-state index contributed by atoms with van der Waals surface area (Å²) in [6, 6.07) is 12.1. The Morgan fingerprint density at radius 1 is 1.15 bits per heavy atom. The first-order chi connectivity index (χ1) is 12.3. The van der Waals surface area contributed by atoms with Crippen molar-refractivity contribution in [3.8, 4) is 11.5 Å². The molecular weight excluding hydrogens is 354 g/mol. The molecule has 2 aromatic rings. The summed E-state index contributed by atoms with van der Waals surface area (Å²) in [5, 5.41) is 8.28. The van der Waals surface area contributed by atoms with Gasteiger partial charge in [0.15, 0.2) is 5.75 Å². The van der Waals surface area contributed by atoms with Crippen LogP contribution in [0.4, 0.5) is 10.5 Å². The van der Waals surface area contributed by atoms with Gasteiger partial charge in [-0.1, -0.05) is 23.7 Å². The number of rotatable bonds is 6. The maximum absolute atomic E-state index is 11.9. The Labute approximate surface area is 157 Å². The molecule has 0 atom stereocenters. The number of carbonyl (C=O) groups is 2. The lowest BCUT2D eigenvalue weighted by Crippen LogP contribution is -2.44. The van der Waals surface area contributed by atoms with Gasteiger partial charge in [0, 0.05) is 11.1 Å². The number of ether oxygens (including phenoxy) is 1. The Morgan fingerprint density at radius 3 is 2.62 bits per heavy atom. The van der Waals surface area contributed by atoms with Gasteiger partial charge in [-0.3, -0.25) is 10.1 Å². The SMILES string of the molecule is Cc1cccc(Oc2ccc(Cl)cc2NCC(=O)NC(=O)NC(C)C)c1. The third-order valence-electron chi connectivity index (χ3n) is 3.27. The summed E-state index contributed by atoms with van der Waals surface area (Å²) in [5.41, 5.74) is 1.62. The van der Waals surface area contributed by atoms with Crippen LogP contribution in [0, 0.1) is 6.92 Å². The van der Waals surface area contributed by atoms with Gasteiger partial charge in [-0.2, -0.15) is 0 Å². The molecule has 0 saturated heterocycles. The van der Waals surface area contributed by atoms with E-state index in [4.69, 9.17) is 16.3 Å². The van der Waals surface area contributed by atoms with Gasteiger partial charge in [0.1, 0.15) is 5.75 Å². The van der Waals surface area contributed by atoms with Crippen LogP contribution in [0.3, 0.4) is 0 Å². The molecular formula is C19H22ClN3O3. The Bertz CT molecular complexity index is 793. The molecule has 3 N–H and O–H groups in total. The number of benzene rings is 2. The van der Waals surface area contributed by atoms with Crippen LogP contribution >= 0.6 is 11.6 Å². The molecule has 138 valence electrons. The van der Waals surface area contributed by atoms with E-state index in [9.17, 15) is 9.59 Å². The van der Waals surface area contributed by atoms with Crippen LogP contribution in [0.1, 0.15) is 19.4 Å². The molecule has 2 aromatic carbocycles. The van der Waals surface area contributed by atoms with Gasteiger partial charge in [-0.25, -0.2) is 4.79 Å². The molecule has 0 heterocycles. The fourth-order valence-corrected chi connectivity index (χ4v) is 2.35. The van der Waals surface area contributed by atoms with E-state index in [1.54, 1.807) is 18.2 Å². The van der Waals surface area contributed by atoms with E-state index in [2.05, 4.69) is 16.0 Å². The van der Waals surface area contributed by atoms with Gasteiger partial charge in [0.2, 0.25) is 5.91 Å². The van der Waals surface area contributed by atoms with E-state index in [0.717, 1.165) is 5.56 Å². The van der Waals surface area contributed by atoms with Crippen LogP contribution in [-0.4, -0.2) is 24.5 Å². The number of aryl methyl sites for hydroxylation is 1. The highest BCUT2D eigenvalue weighted by Gasteiger charge is 2.11. The fraction of sp³-hybridized carbons (Fsp3) is 0.263. The summed E-state index contributed by atoms with van der Waals surface area (Å²) in [4.78, 5) is 23.5. The molecule has 0 aromatic heterocycles. The molecule has 0 radical (unpaired) electrons. The normalized spacial score (nSPS) is 10.3. The zero-order valence-corrected chi connectivity index (χ0v) is 15.7. The zero-order chi connectivity index (χ0) is 19.1. The molecule has 7 heteroatoms. The number of nitrogens with one attached hydrogen (secondary N) is 3. The molecule has 26 heavy (non-hydrogen) atoms. The van der Waals surface area contributed by atoms with Gasteiger partial charge >= 0.3 is 6.03 Å². The van der Waals surface area contributed by atoms with Crippen LogP contribution in [0.25, 0.3) is 0 Å². The minimum Gasteiger partial charge on any atom is -0.455 e. The van der Waals surface area contributed by atoms with E-state index in [1.807, 2.05) is 45.0 Å². The van der Waals surface area contributed by atoms with E-state index < -0.39 is 11.9 Å². The minimum atomic E-state index is -0.533. The van der Waals surface area contributed by atoms with Crippen LogP contribution < -0.4 is 20.7 Å². The highest BCUT2D eigenvalue weighted by atomic mass is 35.5. The van der Waals surface area contributed by atoms with E-state index in [-0.39, 0.29) is 12.6 Å². The number of hydrogen-bond donors (Lipinski definition) is 3. The number of urea groups is 1. The molecule has 0 spiro atoms. The molecule has 0 unspecified atom stereocenters. The lowest BCUT2D eigenvalue weighted by molar-refractivity contribution is -0.118. The Morgan fingerprint density at radius 2 is 1.92 bits per heavy atom. The van der Waals surface area contributed by atoms with Crippen molar-refractivity contribution >= 4 is 29.2 Å². The highest BCUT2D eigenvalue weighted by Crippen LogP contribution is 2.32. The molecule has 0 aliphatic heterocycles. The number of amides is 3. The van der Waals surface area contributed by atoms with Crippen LogP contribution in [0.2, 0.25) is 5.02 Å². The standard InChI is InChI=1S/C19H22ClN3O3/c1-12(2)22-19(25)23-18(24)11-21-16-10-14(20)7-8-17(16)26-15-6-4-5-13(3)9-15/h4-10,12,21H,11H2,1-3H3,(H2,22,23,24,25). The molecule has 2 rings (SSSR count). The Balaban J connectivity index is 2.03. The smallest absolute Gasteiger partial charge is 0.321 e. The van der Waals surface area contributed by atoms with Crippen molar-refractivity contribution in [2.24, 2.45) is 0 Å². The van der Waals surface area contributed by atoms with Gasteiger partial charge < -0.3 is 15.4 Å². The number of imide groups is 1. The van der Waals surface area contributed by atoms with Gasteiger partial charge in [0.05, 0.1) is 12.2 Å². The van der Waals surface area contributed by atoms with Crippen LogP contribution in [-0.2, 0) is 4.79 Å². The third kappa shape index (κ3) is 6.29. The topological polar surface area (TPSA) is 79.5 Å². The summed E-state index contributed by atoms with van der Waals surface area (Å²) in [5.74, 6) is 0.736. The number of anilines is 1.